The molecule has 61 heavy (non-hydrogen) atoms. The number of furan rings is 1. The second kappa shape index (κ2) is 13.7. The number of benzene rings is 10. The zero-order chi connectivity index (χ0) is 40.7. The Morgan fingerprint density at radius 1 is 0.361 bits per heavy atom. The molecule has 1 aliphatic carbocycles. The van der Waals surface area contributed by atoms with E-state index < -0.39 is 0 Å². The van der Waals surface area contributed by atoms with Gasteiger partial charge in [0.15, 0.2) is 0 Å². The highest BCUT2D eigenvalue weighted by atomic mass is 16.3. The van der Waals surface area contributed by atoms with Crippen LogP contribution in [0.2, 0.25) is 0 Å². The summed E-state index contributed by atoms with van der Waals surface area (Å²) in [7, 11) is 0. The normalized spacial score (nSPS) is 12.9. The summed E-state index contributed by atoms with van der Waals surface area (Å²) in [4.78, 5) is 2.44. The van der Waals surface area contributed by atoms with Gasteiger partial charge in [0.25, 0.3) is 0 Å². The number of nitrogens with zero attached hydrogens (tertiary/aromatic N) is 1. The van der Waals surface area contributed by atoms with Crippen molar-refractivity contribution in [1.29, 1.82) is 0 Å². The van der Waals surface area contributed by atoms with Crippen LogP contribution in [0, 0.1) is 0 Å². The van der Waals surface area contributed by atoms with E-state index in [1.165, 1.54) is 60.7 Å². The molecule has 2 nitrogen and oxygen atoms in total. The lowest BCUT2D eigenvalue weighted by Gasteiger charge is -2.30. The fourth-order valence-corrected chi connectivity index (χ4v) is 10.0. The first-order chi connectivity index (χ1) is 30.0. The summed E-state index contributed by atoms with van der Waals surface area (Å²) in [5.41, 5.74) is 17.2. The Morgan fingerprint density at radius 2 is 0.869 bits per heavy atom. The van der Waals surface area contributed by atoms with Crippen molar-refractivity contribution in [3.63, 3.8) is 0 Å². The second-order valence-corrected chi connectivity index (χ2v) is 16.9. The van der Waals surface area contributed by atoms with Gasteiger partial charge < -0.3 is 9.32 Å². The van der Waals surface area contributed by atoms with Gasteiger partial charge in [-0.2, -0.15) is 0 Å². The number of hydrogen-bond donors (Lipinski definition) is 0. The van der Waals surface area contributed by atoms with Crippen LogP contribution < -0.4 is 4.90 Å². The Balaban J connectivity index is 1.15. The molecule has 12 rings (SSSR count). The average Bonchev–Trinajstić information content (AvgIpc) is 3.81. The van der Waals surface area contributed by atoms with Gasteiger partial charge in [0.1, 0.15) is 11.2 Å². The molecule has 1 aliphatic rings. The molecule has 0 aliphatic heterocycles. The maximum atomic E-state index is 7.10. The summed E-state index contributed by atoms with van der Waals surface area (Å²) >= 11 is 0. The van der Waals surface area contributed by atoms with Crippen molar-refractivity contribution >= 4 is 60.5 Å². The molecule has 0 radical (unpaired) electrons. The molecule has 0 bridgehead atoms. The molecular formula is C59H41NO. The fourth-order valence-electron chi connectivity index (χ4n) is 10.0. The zero-order valence-corrected chi connectivity index (χ0v) is 34.1. The first kappa shape index (κ1) is 35.3. The van der Waals surface area contributed by atoms with Gasteiger partial charge in [-0.1, -0.05) is 190 Å². The fraction of sp³-hybridized carbons (Fsp3) is 0.0508. The van der Waals surface area contributed by atoms with Crippen LogP contribution in [-0.4, -0.2) is 0 Å². The van der Waals surface area contributed by atoms with E-state index in [2.05, 4.69) is 231 Å². The highest BCUT2D eigenvalue weighted by Crippen LogP contribution is 2.52. The zero-order valence-electron chi connectivity index (χ0n) is 34.1. The van der Waals surface area contributed by atoms with Crippen LogP contribution in [0.4, 0.5) is 17.1 Å². The summed E-state index contributed by atoms with van der Waals surface area (Å²) < 4.78 is 7.10. The van der Waals surface area contributed by atoms with E-state index in [4.69, 9.17) is 4.42 Å². The standard InChI is InChI=1S/C59H41NO/c1-59(2)53-24-14-13-21-47(53)48-34-33-44(35-54(48)59)60(43-31-29-41(30-32-43)39-17-7-4-8-18-39)55-37-56-52(36-51(55)42-27-25-40(26-28-42)38-15-5-3-6-16-38)57-49-22-11-9-19-45(49)46-20-10-12-23-50(46)58(57)61-56/h3-37H,1-2H3. The van der Waals surface area contributed by atoms with E-state index in [0.29, 0.717) is 0 Å². The van der Waals surface area contributed by atoms with Gasteiger partial charge in [0, 0.05) is 44.6 Å². The third-order valence-corrected chi connectivity index (χ3v) is 13.1. The number of anilines is 3. The highest BCUT2D eigenvalue weighted by molar-refractivity contribution is 6.30. The molecule has 11 aromatic rings. The molecular weight excluding hydrogens is 739 g/mol. The summed E-state index contributed by atoms with van der Waals surface area (Å²) in [6, 6.07) is 77.3. The molecule has 1 heterocycles. The van der Waals surface area contributed by atoms with Crippen molar-refractivity contribution < 1.29 is 4.42 Å². The van der Waals surface area contributed by atoms with Gasteiger partial charge in [-0.15, -0.1) is 0 Å². The predicted octanol–water partition coefficient (Wildman–Crippen LogP) is 16.7. The van der Waals surface area contributed by atoms with E-state index in [1.807, 2.05) is 0 Å². The van der Waals surface area contributed by atoms with Crippen LogP contribution in [0.15, 0.2) is 217 Å². The van der Waals surface area contributed by atoms with Gasteiger partial charge in [0.2, 0.25) is 0 Å². The molecule has 0 saturated heterocycles. The van der Waals surface area contributed by atoms with Crippen LogP contribution in [0.5, 0.6) is 0 Å². The predicted molar refractivity (Wildman–Crippen MR) is 257 cm³/mol. The highest BCUT2D eigenvalue weighted by Gasteiger charge is 2.36. The lowest BCUT2D eigenvalue weighted by molar-refractivity contribution is 0.660. The van der Waals surface area contributed by atoms with Crippen LogP contribution in [0.1, 0.15) is 25.0 Å². The summed E-state index contributed by atoms with van der Waals surface area (Å²) in [5, 5.41) is 7.00. The number of fused-ring (bicyclic) bond motifs is 11. The Hall–Kier alpha value is -7.68. The van der Waals surface area contributed by atoms with E-state index in [1.54, 1.807) is 0 Å². The molecule has 0 fully saturated rings. The van der Waals surface area contributed by atoms with E-state index in [9.17, 15) is 0 Å². The number of rotatable bonds is 6. The van der Waals surface area contributed by atoms with Crippen molar-refractivity contribution in [1.82, 2.24) is 0 Å². The van der Waals surface area contributed by atoms with Gasteiger partial charge in [0.05, 0.1) is 5.69 Å². The van der Waals surface area contributed by atoms with Crippen molar-refractivity contribution in [3.8, 4) is 44.5 Å². The molecule has 0 atom stereocenters. The summed E-state index contributed by atoms with van der Waals surface area (Å²) in [5.74, 6) is 0. The quantitative estimate of drug-likeness (QED) is 0.156. The van der Waals surface area contributed by atoms with Crippen LogP contribution in [-0.2, 0) is 5.41 Å². The second-order valence-electron chi connectivity index (χ2n) is 16.9. The van der Waals surface area contributed by atoms with Crippen molar-refractivity contribution in [3.05, 3.63) is 223 Å². The van der Waals surface area contributed by atoms with Gasteiger partial charge >= 0.3 is 0 Å². The molecule has 0 unspecified atom stereocenters. The Bertz CT molecular complexity index is 3470. The van der Waals surface area contributed by atoms with Crippen molar-refractivity contribution in [2.24, 2.45) is 0 Å². The molecule has 0 N–H and O–H groups in total. The largest absolute Gasteiger partial charge is 0.455 e. The first-order valence-corrected chi connectivity index (χ1v) is 21.2. The lowest BCUT2D eigenvalue weighted by atomic mass is 9.82. The van der Waals surface area contributed by atoms with Gasteiger partial charge in [-0.25, -0.2) is 0 Å². The van der Waals surface area contributed by atoms with Crippen LogP contribution >= 0.6 is 0 Å². The SMILES string of the molecule is CC1(C)c2ccccc2-c2ccc(N(c3ccc(-c4ccccc4)cc3)c3cc4oc5c6ccccc6c6ccccc6c5c4cc3-c3ccc(-c4ccccc4)cc3)cc21. The third-order valence-electron chi connectivity index (χ3n) is 13.1. The topological polar surface area (TPSA) is 16.4 Å². The van der Waals surface area contributed by atoms with E-state index in [0.717, 1.165) is 55.5 Å². The number of hydrogen-bond acceptors (Lipinski definition) is 2. The summed E-state index contributed by atoms with van der Waals surface area (Å²) in [6.45, 7) is 4.71. The third kappa shape index (κ3) is 5.56. The Kier molecular flexibility index (Phi) is 7.92. The lowest BCUT2D eigenvalue weighted by Crippen LogP contribution is -2.17. The van der Waals surface area contributed by atoms with E-state index >= 15 is 0 Å². The van der Waals surface area contributed by atoms with Crippen LogP contribution in [0.25, 0.3) is 88.0 Å². The van der Waals surface area contributed by atoms with Crippen LogP contribution in [0.3, 0.4) is 0 Å². The molecule has 2 heteroatoms. The minimum atomic E-state index is -0.161. The Labute approximate surface area is 355 Å². The molecule has 1 aromatic heterocycles. The van der Waals surface area contributed by atoms with Gasteiger partial charge in [-0.05, 0) is 96.6 Å². The maximum absolute atomic E-state index is 7.10. The minimum absolute atomic E-state index is 0.161. The van der Waals surface area contributed by atoms with Gasteiger partial charge in [-0.3, -0.25) is 0 Å². The molecule has 0 amide bonds. The minimum Gasteiger partial charge on any atom is -0.455 e. The van der Waals surface area contributed by atoms with E-state index in [-0.39, 0.29) is 5.41 Å². The average molecular weight is 780 g/mol. The smallest absolute Gasteiger partial charge is 0.143 e. The maximum Gasteiger partial charge on any atom is 0.143 e. The summed E-state index contributed by atoms with van der Waals surface area (Å²) in [6.07, 6.45) is 0. The Morgan fingerprint density at radius 3 is 1.56 bits per heavy atom. The molecule has 0 saturated carbocycles. The molecule has 10 aromatic carbocycles. The molecule has 288 valence electrons. The first-order valence-electron chi connectivity index (χ1n) is 21.2. The van der Waals surface area contributed by atoms with Crippen molar-refractivity contribution in [2.75, 3.05) is 4.90 Å². The van der Waals surface area contributed by atoms with Crippen molar-refractivity contribution in [2.45, 2.75) is 19.3 Å². The molecule has 0 spiro atoms. The monoisotopic (exact) mass is 779 g/mol.